The van der Waals surface area contributed by atoms with Crippen molar-refractivity contribution in [3.05, 3.63) is 46.6 Å². The molecule has 2 aromatic rings. The zero-order valence-corrected chi connectivity index (χ0v) is 11.1. The van der Waals surface area contributed by atoms with Crippen molar-refractivity contribution in [3.8, 4) is 17.0 Å². The lowest BCUT2D eigenvalue weighted by atomic mass is 10.0. The molecule has 0 saturated heterocycles. The van der Waals surface area contributed by atoms with Crippen molar-refractivity contribution in [3.63, 3.8) is 0 Å². The Morgan fingerprint density at radius 3 is 2.78 bits per heavy atom. The van der Waals surface area contributed by atoms with Crippen molar-refractivity contribution in [2.75, 3.05) is 7.11 Å². The van der Waals surface area contributed by atoms with Crippen LogP contribution < -0.4 is 4.74 Å². The molecule has 2 rings (SSSR count). The lowest BCUT2D eigenvalue weighted by Crippen LogP contribution is -2.00. The van der Waals surface area contributed by atoms with Crippen LogP contribution in [0, 0.1) is 0 Å². The van der Waals surface area contributed by atoms with Crippen LogP contribution in [0.1, 0.15) is 10.4 Å². The number of carboxylic acid groups (broad SMARTS) is 1. The zero-order valence-electron chi connectivity index (χ0n) is 9.55. The summed E-state index contributed by atoms with van der Waals surface area (Å²) in [5.41, 5.74) is 1.62. The number of halogens is 1. The van der Waals surface area contributed by atoms with Crippen LogP contribution in [0.15, 0.2) is 41.0 Å². The smallest absolute Gasteiger partial charge is 0.336 e. The van der Waals surface area contributed by atoms with Gasteiger partial charge in [0.2, 0.25) is 5.88 Å². The summed E-state index contributed by atoms with van der Waals surface area (Å²) in [5, 5.41) is 9.21. The SMILES string of the molecule is COc1cc(-c2ccc(Br)cc2C(=O)O)ccn1. The molecule has 92 valence electrons. The molecule has 0 amide bonds. The number of hydrogen-bond acceptors (Lipinski definition) is 3. The molecule has 1 heterocycles. The molecule has 0 fully saturated rings. The molecule has 0 bridgehead atoms. The minimum atomic E-state index is -0.970. The number of rotatable bonds is 3. The van der Waals surface area contributed by atoms with E-state index < -0.39 is 5.97 Å². The summed E-state index contributed by atoms with van der Waals surface area (Å²) in [6.07, 6.45) is 1.59. The first kappa shape index (κ1) is 12.6. The highest BCUT2D eigenvalue weighted by atomic mass is 79.9. The van der Waals surface area contributed by atoms with E-state index in [1.54, 1.807) is 36.5 Å². The number of carbonyl (C=O) groups is 1. The lowest BCUT2D eigenvalue weighted by Gasteiger charge is -2.08. The number of benzene rings is 1. The normalized spacial score (nSPS) is 10.1. The van der Waals surface area contributed by atoms with E-state index in [0.29, 0.717) is 11.4 Å². The Balaban J connectivity index is 2.59. The van der Waals surface area contributed by atoms with Crippen molar-refractivity contribution in [2.45, 2.75) is 0 Å². The van der Waals surface area contributed by atoms with Gasteiger partial charge in [-0.15, -0.1) is 0 Å². The maximum Gasteiger partial charge on any atom is 0.336 e. The fraction of sp³-hybridized carbons (Fsp3) is 0.0769. The second-order valence-corrected chi connectivity index (χ2v) is 4.50. The van der Waals surface area contributed by atoms with E-state index >= 15 is 0 Å². The summed E-state index contributed by atoms with van der Waals surface area (Å²) in [6, 6.07) is 8.58. The molecule has 0 aliphatic heterocycles. The van der Waals surface area contributed by atoms with Crippen LogP contribution in [-0.4, -0.2) is 23.2 Å². The minimum Gasteiger partial charge on any atom is -0.481 e. The Bertz CT molecular complexity index is 599. The second-order valence-electron chi connectivity index (χ2n) is 3.58. The van der Waals surface area contributed by atoms with Gasteiger partial charge >= 0.3 is 5.97 Å². The Morgan fingerprint density at radius 2 is 2.11 bits per heavy atom. The van der Waals surface area contributed by atoms with E-state index in [0.717, 1.165) is 10.0 Å². The van der Waals surface area contributed by atoms with Gasteiger partial charge in [-0.2, -0.15) is 0 Å². The van der Waals surface area contributed by atoms with Crippen LogP contribution in [0.25, 0.3) is 11.1 Å². The summed E-state index contributed by atoms with van der Waals surface area (Å²) >= 11 is 3.26. The predicted molar refractivity (Wildman–Crippen MR) is 70.9 cm³/mol. The van der Waals surface area contributed by atoms with Gasteiger partial charge in [0.25, 0.3) is 0 Å². The maximum absolute atomic E-state index is 11.2. The minimum absolute atomic E-state index is 0.234. The third-order valence-electron chi connectivity index (χ3n) is 2.47. The summed E-state index contributed by atoms with van der Waals surface area (Å²) in [5.74, 6) is -0.520. The largest absolute Gasteiger partial charge is 0.481 e. The third kappa shape index (κ3) is 2.51. The first-order valence-electron chi connectivity index (χ1n) is 5.15. The number of nitrogens with zero attached hydrogens (tertiary/aromatic N) is 1. The summed E-state index contributed by atoms with van der Waals surface area (Å²) in [7, 11) is 1.52. The first-order valence-corrected chi connectivity index (χ1v) is 5.94. The molecule has 0 saturated carbocycles. The molecule has 0 unspecified atom stereocenters. The predicted octanol–water partition coefficient (Wildman–Crippen LogP) is 3.22. The number of pyridine rings is 1. The van der Waals surface area contributed by atoms with Gasteiger partial charge < -0.3 is 9.84 Å². The van der Waals surface area contributed by atoms with E-state index in [9.17, 15) is 9.90 Å². The first-order chi connectivity index (χ1) is 8.61. The molecule has 1 aromatic carbocycles. The van der Waals surface area contributed by atoms with E-state index in [1.807, 2.05) is 0 Å². The van der Waals surface area contributed by atoms with Gasteiger partial charge in [-0.1, -0.05) is 22.0 Å². The van der Waals surface area contributed by atoms with Gasteiger partial charge in [0.15, 0.2) is 0 Å². The lowest BCUT2D eigenvalue weighted by molar-refractivity contribution is 0.0697. The van der Waals surface area contributed by atoms with Crippen LogP contribution in [0.3, 0.4) is 0 Å². The Kier molecular flexibility index (Phi) is 3.62. The number of methoxy groups -OCH3 is 1. The van der Waals surface area contributed by atoms with Crippen LogP contribution in [0.4, 0.5) is 0 Å². The number of ether oxygens (including phenoxy) is 1. The van der Waals surface area contributed by atoms with Gasteiger partial charge in [0.1, 0.15) is 0 Å². The Labute approximate surface area is 112 Å². The van der Waals surface area contributed by atoms with Crippen LogP contribution in [0.5, 0.6) is 5.88 Å². The van der Waals surface area contributed by atoms with E-state index in [2.05, 4.69) is 20.9 Å². The zero-order chi connectivity index (χ0) is 13.1. The molecule has 4 nitrogen and oxygen atoms in total. The average molecular weight is 308 g/mol. The highest BCUT2D eigenvalue weighted by Crippen LogP contribution is 2.28. The molecule has 1 aromatic heterocycles. The monoisotopic (exact) mass is 307 g/mol. The second kappa shape index (κ2) is 5.18. The van der Waals surface area contributed by atoms with Crippen LogP contribution >= 0.6 is 15.9 Å². The quantitative estimate of drug-likeness (QED) is 0.946. The van der Waals surface area contributed by atoms with Gasteiger partial charge in [0, 0.05) is 16.7 Å². The highest BCUT2D eigenvalue weighted by molar-refractivity contribution is 9.10. The number of aromatic nitrogens is 1. The van der Waals surface area contributed by atoms with Gasteiger partial charge in [-0.3, -0.25) is 0 Å². The van der Waals surface area contributed by atoms with Crippen molar-refractivity contribution in [1.82, 2.24) is 4.98 Å². The fourth-order valence-corrected chi connectivity index (χ4v) is 1.99. The maximum atomic E-state index is 11.2. The van der Waals surface area contributed by atoms with Crippen molar-refractivity contribution < 1.29 is 14.6 Å². The number of carboxylic acids is 1. The van der Waals surface area contributed by atoms with Gasteiger partial charge in [0.05, 0.1) is 12.7 Å². The van der Waals surface area contributed by atoms with E-state index in [1.165, 1.54) is 7.11 Å². The topological polar surface area (TPSA) is 59.4 Å². The van der Waals surface area contributed by atoms with Gasteiger partial charge in [-0.05, 0) is 29.3 Å². The van der Waals surface area contributed by atoms with Gasteiger partial charge in [-0.25, -0.2) is 9.78 Å². The van der Waals surface area contributed by atoms with E-state index in [4.69, 9.17) is 4.74 Å². The highest BCUT2D eigenvalue weighted by Gasteiger charge is 2.12. The van der Waals surface area contributed by atoms with Crippen molar-refractivity contribution in [2.24, 2.45) is 0 Å². The number of hydrogen-bond donors (Lipinski definition) is 1. The molecule has 18 heavy (non-hydrogen) atoms. The fourth-order valence-electron chi connectivity index (χ4n) is 1.63. The summed E-state index contributed by atoms with van der Waals surface area (Å²) in [4.78, 5) is 15.2. The molecular formula is C13H10BrNO3. The summed E-state index contributed by atoms with van der Waals surface area (Å²) in [6.45, 7) is 0. The van der Waals surface area contributed by atoms with Crippen LogP contribution in [-0.2, 0) is 0 Å². The van der Waals surface area contributed by atoms with E-state index in [-0.39, 0.29) is 5.56 Å². The Morgan fingerprint density at radius 1 is 1.33 bits per heavy atom. The molecular weight excluding hydrogens is 298 g/mol. The summed E-state index contributed by atoms with van der Waals surface area (Å²) < 4.78 is 5.76. The van der Waals surface area contributed by atoms with Crippen LogP contribution in [0.2, 0.25) is 0 Å². The molecule has 0 radical (unpaired) electrons. The average Bonchev–Trinajstić information content (AvgIpc) is 2.38. The third-order valence-corrected chi connectivity index (χ3v) is 2.96. The molecule has 0 aliphatic carbocycles. The van der Waals surface area contributed by atoms with Crippen molar-refractivity contribution in [1.29, 1.82) is 0 Å². The number of aromatic carboxylic acids is 1. The molecule has 0 aliphatic rings. The molecule has 5 heteroatoms. The molecule has 0 atom stereocenters. The standard InChI is InChI=1S/C13H10BrNO3/c1-18-12-6-8(4-5-15-12)10-3-2-9(14)7-11(10)13(16)17/h2-7H,1H3,(H,16,17). The van der Waals surface area contributed by atoms with Crippen molar-refractivity contribution >= 4 is 21.9 Å². The molecule has 0 spiro atoms. The Hall–Kier alpha value is -1.88. The molecule has 1 N–H and O–H groups in total.